The van der Waals surface area contributed by atoms with Crippen LogP contribution in [0.25, 0.3) is 5.57 Å². The van der Waals surface area contributed by atoms with Crippen molar-refractivity contribution < 1.29 is 33.5 Å². The Kier molecular flexibility index (Phi) is 8.24. The number of fused-ring (bicyclic) bond motifs is 1. The van der Waals surface area contributed by atoms with Crippen molar-refractivity contribution in [3.63, 3.8) is 0 Å². The number of benzene rings is 2. The topological polar surface area (TPSA) is 111 Å². The second-order valence-electron chi connectivity index (χ2n) is 11.4. The van der Waals surface area contributed by atoms with Gasteiger partial charge in [-0.3, -0.25) is 14.4 Å². The molecule has 9 nitrogen and oxygen atoms in total. The second kappa shape index (κ2) is 10.9. The largest absolute Gasteiger partial charge is 0.496 e. The zero-order valence-corrected chi connectivity index (χ0v) is 24.0. The van der Waals surface area contributed by atoms with Crippen LogP contribution < -0.4 is 15.1 Å². The van der Waals surface area contributed by atoms with Crippen LogP contribution in [0.15, 0.2) is 42.2 Å². The van der Waals surface area contributed by atoms with E-state index in [0.717, 1.165) is 10.6 Å². The highest BCUT2D eigenvalue weighted by molar-refractivity contribution is 6.33. The highest BCUT2D eigenvalue weighted by Gasteiger charge is 2.41. The normalized spacial score (nSPS) is 14.5. The summed E-state index contributed by atoms with van der Waals surface area (Å²) in [6, 6.07) is 9.89. The summed E-state index contributed by atoms with van der Waals surface area (Å²) in [5.74, 6) is -1.42. The lowest BCUT2D eigenvalue weighted by molar-refractivity contribution is -0.157. The summed E-state index contributed by atoms with van der Waals surface area (Å²) in [4.78, 5) is 57.6. The standard InChI is InChI=1S/C30H36N2O7/c1-10-22(38-27(35)29(3,4)5)24-20-14-13-19(31-25(33)18-12-11-17(2)23(15-18)37-9)16-21(20)32(26(24)34)39-28(36)30(6,7)8/h11-16H,10H2,1-9H3,(H,31,33)/b24-22-. The molecule has 0 radical (unpaired) electrons. The summed E-state index contributed by atoms with van der Waals surface area (Å²) in [7, 11) is 1.53. The van der Waals surface area contributed by atoms with E-state index >= 15 is 0 Å². The van der Waals surface area contributed by atoms with Gasteiger partial charge in [-0.2, -0.15) is 0 Å². The molecule has 3 rings (SSSR count). The number of methoxy groups -OCH3 is 1. The predicted molar refractivity (Wildman–Crippen MR) is 148 cm³/mol. The van der Waals surface area contributed by atoms with Crippen molar-refractivity contribution in [3.05, 3.63) is 58.8 Å². The van der Waals surface area contributed by atoms with Crippen molar-refractivity contribution in [2.24, 2.45) is 10.8 Å². The molecule has 2 aromatic rings. The fourth-order valence-corrected chi connectivity index (χ4v) is 3.62. The molecular formula is C30H36N2O7. The van der Waals surface area contributed by atoms with Crippen LogP contribution in [0.2, 0.25) is 0 Å². The molecule has 0 saturated heterocycles. The summed E-state index contributed by atoms with van der Waals surface area (Å²) >= 11 is 0. The zero-order valence-electron chi connectivity index (χ0n) is 24.0. The first kappa shape index (κ1) is 29.4. The van der Waals surface area contributed by atoms with Crippen LogP contribution in [0.5, 0.6) is 5.75 Å². The lowest BCUT2D eigenvalue weighted by atomic mass is 9.97. The molecule has 9 heteroatoms. The summed E-state index contributed by atoms with van der Waals surface area (Å²) < 4.78 is 11.0. The van der Waals surface area contributed by atoms with Crippen molar-refractivity contribution in [1.82, 2.24) is 0 Å². The monoisotopic (exact) mass is 536 g/mol. The van der Waals surface area contributed by atoms with Crippen molar-refractivity contribution in [1.29, 1.82) is 0 Å². The van der Waals surface area contributed by atoms with E-state index < -0.39 is 28.7 Å². The molecule has 0 bridgehead atoms. The summed E-state index contributed by atoms with van der Waals surface area (Å²) in [6.07, 6.45) is 0.247. The average molecular weight is 537 g/mol. The van der Waals surface area contributed by atoms with Crippen LogP contribution in [0.1, 0.15) is 76.4 Å². The number of allylic oxidation sites excluding steroid dienone is 1. The highest BCUT2D eigenvalue weighted by atomic mass is 16.7. The van der Waals surface area contributed by atoms with Gasteiger partial charge in [0.1, 0.15) is 11.5 Å². The molecule has 0 aliphatic carbocycles. The first-order valence-electron chi connectivity index (χ1n) is 12.7. The molecule has 39 heavy (non-hydrogen) atoms. The predicted octanol–water partition coefficient (Wildman–Crippen LogP) is 5.82. The Bertz CT molecular complexity index is 1360. The maximum absolute atomic E-state index is 13.6. The summed E-state index contributed by atoms with van der Waals surface area (Å²) in [5.41, 5.74) is 0.723. The van der Waals surface area contributed by atoms with Crippen LogP contribution >= 0.6 is 0 Å². The molecule has 1 aliphatic rings. The van der Waals surface area contributed by atoms with Gasteiger partial charge in [0.25, 0.3) is 11.8 Å². The molecule has 0 fully saturated rings. The van der Waals surface area contributed by atoms with Gasteiger partial charge in [0, 0.05) is 23.2 Å². The Labute approximate surface area is 229 Å². The quantitative estimate of drug-likeness (QED) is 0.281. The number of hydrogen-bond donors (Lipinski definition) is 1. The number of ether oxygens (including phenoxy) is 2. The SMILES string of the molecule is CC/C(OC(=O)C(C)(C)C)=C1/C(=O)N(OC(=O)C(C)(C)C)c2cc(NC(=O)c3ccc(C)c(OC)c3)ccc21. The second-order valence-corrected chi connectivity index (χ2v) is 11.4. The molecular weight excluding hydrogens is 500 g/mol. The highest BCUT2D eigenvalue weighted by Crippen LogP contribution is 2.42. The molecule has 0 unspecified atom stereocenters. The molecule has 1 aliphatic heterocycles. The zero-order chi connectivity index (χ0) is 29.3. The lowest BCUT2D eigenvalue weighted by Gasteiger charge is -2.22. The summed E-state index contributed by atoms with van der Waals surface area (Å²) in [5, 5.41) is 3.71. The third-order valence-corrected chi connectivity index (χ3v) is 6.03. The molecule has 2 amide bonds. The number of amides is 2. The van der Waals surface area contributed by atoms with Gasteiger partial charge in [-0.25, -0.2) is 4.79 Å². The van der Waals surface area contributed by atoms with Crippen LogP contribution in [0.3, 0.4) is 0 Å². The minimum Gasteiger partial charge on any atom is -0.496 e. The smallest absolute Gasteiger partial charge is 0.338 e. The van der Waals surface area contributed by atoms with Gasteiger partial charge in [0.2, 0.25) is 0 Å². The van der Waals surface area contributed by atoms with Crippen molar-refractivity contribution in [2.45, 2.75) is 61.8 Å². The number of nitrogens with zero attached hydrogens (tertiary/aromatic N) is 1. The van der Waals surface area contributed by atoms with Crippen LogP contribution in [0.4, 0.5) is 11.4 Å². The van der Waals surface area contributed by atoms with Crippen LogP contribution in [-0.4, -0.2) is 30.9 Å². The molecule has 0 atom stereocenters. The Morgan fingerprint density at radius 2 is 1.56 bits per heavy atom. The number of anilines is 2. The molecule has 2 aromatic carbocycles. The maximum atomic E-state index is 13.6. The van der Waals surface area contributed by atoms with Crippen molar-refractivity contribution >= 4 is 40.7 Å². The Morgan fingerprint density at radius 3 is 2.13 bits per heavy atom. The van der Waals surface area contributed by atoms with Gasteiger partial charge in [-0.1, -0.05) is 13.0 Å². The summed E-state index contributed by atoms with van der Waals surface area (Å²) in [6.45, 7) is 13.8. The number of hydrogen-bond acceptors (Lipinski definition) is 7. The van der Waals surface area contributed by atoms with E-state index in [0.29, 0.717) is 22.6 Å². The van der Waals surface area contributed by atoms with E-state index in [1.807, 2.05) is 6.92 Å². The molecule has 208 valence electrons. The van der Waals surface area contributed by atoms with E-state index in [-0.39, 0.29) is 29.3 Å². The Morgan fingerprint density at radius 1 is 0.923 bits per heavy atom. The van der Waals surface area contributed by atoms with E-state index in [4.69, 9.17) is 14.3 Å². The van der Waals surface area contributed by atoms with E-state index in [2.05, 4.69) is 5.32 Å². The molecule has 0 saturated carbocycles. The number of carbonyl (C=O) groups excluding carboxylic acids is 4. The number of carbonyl (C=O) groups is 4. The lowest BCUT2D eigenvalue weighted by Crippen LogP contribution is -2.35. The van der Waals surface area contributed by atoms with E-state index in [1.54, 1.807) is 84.9 Å². The van der Waals surface area contributed by atoms with Gasteiger partial charge in [0.05, 0.1) is 29.2 Å². The third-order valence-electron chi connectivity index (χ3n) is 6.03. The fraction of sp³-hybridized carbons (Fsp3) is 0.400. The third kappa shape index (κ3) is 6.30. The molecule has 1 N–H and O–H groups in total. The fourth-order valence-electron chi connectivity index (χ4n) is 3.62. The van der Waals surface area contributed by atoms with Gasteiger partial charge < -0.3 is 19.6 Å². The Hall–Kier alpha value is -4.14. The first-order valence-corrected chi connectivity index (χ1v) is 12.7. The van der Waals surface area contributed by atoms with Crippen LogP contribution in [0, 0.1) is 17.8 Å². The first-order chi connectivity index (χ1) is 18.1. The van der Waals surface area contributed by atoms with E-state index in [1.165, 1.54) is 7.11 Å². The van der Waals surface area contributed by atoms with Gasteiger partial charge >= 0.3 is 11.9 Å². The van der Waals surface area contributed by atoms with E-state index in [9.17, 15) is 19.2 Å². The van der Waals surface area contributed by atoms with Crippen LogP contribution in [-0.2, 0) is 24.0 Å². The number of esters is 1. The van der Waals surface area contributed by atoms with Gasteiger partial charge in [-0.15, -0.1) is 5.06 Å². The average Bonchev–Trinajstić information content (AvgIpc) is 3.11. The number of aryl methyl sites for hydroxylation is 1. The minimum atomic E-state index is -0.893. The number of hydroxylamine groups is 1. The van der Waals surface area contributed by atoms with Crippen molar-refractivity contribution in [2.75, 3.05) is 17.5 Å². The maximum Gasteiger partial charge on any atom is 0.338 e. The van der Waals surface area contributed by atoms with Gasteiger partial charge in [-0.05, 0) is 84.4 Å². The molecule has 0 spiro atoms. The number of nitrogens with one attached hydrogen (secondary N) is 1. The van der Waals surface area contributed by atoms with Gasteiger partial charge in [0.15, 0.2) is 0 Å². The molecule has 1 heterocycles. The minimum absolute atomic E-state index is 0.118. The van der Waals surface area contributed by atoms with Crippen molar-refractivity contribution in [3.8, 4) is 5.75 Å². The Balaban J connectivity index is 2.07. The number of rotatable bonds is 6. The molecule has 0 aromatic heterocycles.